The van der Waals surface area contributed by atoms with E-state index in [4.69, 9.17) is 4.74 Å². The topological polar surface area (TPSA) is 26.3 Å². The quantitative estimate of drug-likeness (QED) is 0.490. The van der Waals surface area contributed by atoms with Crippen LogP contribution in [0.2, 0.25) is 0 Å². The largest absolute Gasteiger partial charge is 0.496 e. The van der Waals surface area contributed by atoms with E-state index in [2.05, 4.69) is 6.58 Å². The molecule has 2 nitrogen and oxygen atoms in total. The first-order valence-corrected chi connectivity index (χ1v) is 5.65. The molecule has 15 heavy (non-hydrogen) atoms. The van der Waals surface area contributed by atoms with Gasteiger partial charge in [-0.05, 0) is 49.9 Å². The molecular weight excluding hydrogens is 195 g/mol. The third kappa shape index (κ3) is 1.32. The Morgan fingerprint density at radius 3 is 2.47 bits per heavy atom. The summed E-state index contributed by atoms with van der Waals surface area (Å²) in [5.41, 5.74) is 0.834. The normalized spacial score (nSPS) is 47.0. The fourth-order valence-corrected chi connectivity index (χ4v) is 4.10. The minimum atomic E-state index is -1.61. The van der Waals surface area contributed by atoms with Crippen molar-refractivity contribution in [2.24, 2.45) is 17.8 Å². The Morgan fingerprint density at radius 2 is 1.93 bits per heavy atom. The van der Waals surface area contributed by atoms with Crippen molar-refractivity contribution in [1.82, 2.24) is 0 Å². The van der Waals surface area contributed by atoms with Gasteiger partial charge in [0, 0.05) is 0 Å². The van der Waals surface area contributed by atoms with Crippen LogP contribution >= 0.6 is 0 Å². The number of ether oxygens (including phenoxy) is 1. The molecule has 0 aromatic rings. The van der Waals surface area contributed by atoms with E-state index >= 15 is 0 Å². The molecule has 4 saturated carbocycles. The number of hydrogen-bond donors (Lipinski definition) is 0. The summed E-state index contributed by atoms with van der Waals surface area (Å²) < 4.78 is 17.4. The highest BCUT2D eigenvalue weighted by Gasteiger charge is 2.54. The molecule has 3 heteroatoms. The van der Waals surface area contributed by atoms with Gasteiger partial charge >= 0.3 is 6.22 Å². The second kappa shape index (κ2) is 2.83. The molecule has 0 heterocycles. The molecule has 0 amide bonds. The van der Waals surface area contributed by atoms with Gasteiger partial charge in [0.1, 0.15) is 5.60 Å². The van der Waals surface area contributed by atoms with Crippen molar-refractivity contribution in [2.75, 3.05) is 0 Å². The Morgan fingerprint density at radius 1 is 1.33 bits per heavy atom. The van der Waals surface area contributed by atoms with Crippen LogP contribution in [0.5, 0.6) is 0 Å². The van der Waals surface area contributed by atoms with Crippen LogP contribution in [0, 0.1) is 17.8 Å². The predicted molar refractivity (Wildman–Crippen MR) is 53.0 cm³/mol. The van der Waals surface area contributed by atoms with Gasteiger partial charge in [0.15, 0.2) is 0 Å². The highest BCUT2D eigenvalue weighted by atomic mass is 19.1. The summed E-state index contributed by atoms with van der Waals surface area (Å²) in [5, 5.41) is 0. The van der Waals surface area contributed by atoms with E-state index in [1.54, 1.807) is 0 Å². The van der Waals surface area contributed by atoms with Gasteiger partial charge in [-0.2, -0.15) is 0 Å². The van der Waals surface area contributed by atoms with Crippen LogP contribution in [0.25, 0.3) is 0 Å². The van der Waals surface area contributed by atoms with E-state index in [1.807, 2.05) is 0 Å². The number of carbonyl (C=O) groups is 1. The van der Waals surface area contributed by atoms with Gasteiger partial charge in [-0.3, -0.25) is 0 Å². The maximum absolute atomic E-state index is 12.4. The summed E-state index contributed by atoms with van der Waals surface area (Å²) in [7, 11) is 0. The fourth-order valence-electron chi connectivity index (χ4n) is 4.10. The maximum atomic E-state index is 12.4. The lowest BCUT2D eigenvalue weighted by Gasteiger charge is -2.56. The number of hydrogen-bond acceptors (Lipinski definition) is 2. The van der Waals surface area contributed by atoms with Crippen LogP contribution in [0.4, 0.5) is 9.18 Å². The van der Waals surface area contributed by atoms with Crippen molar-refractivity contribution in [3.05, 3.63) is 12.2 Å². The van der Waals surface area contributed by atoms with E-state index in [9.17, 15) is 9.18 Å². The minimum Gasteiger partial charge on any atom is -0.434 e. The zero-order valence-corrected chi connectivity index (χ0v) is 8.67. The third-order valence-electron chi connectivity index (χ3n) is 4.48. The molecule has 0 N–H and O–H groups in total. The average molecular weight is 210 g/mol. The molecule has 4 aliphatic rings. The van der Waals surface area contributed by atoms with E-state index in [0.29, 0.717) is 17.8 Å². The second-order valence-electron chi connectivity index (χ2n) is 5.44. The smallest absolute Gasteiger partial charge is 0.434 e. The van der Waals surface area contributed by atoms with E-state index in [0.717, 1.165) is 19.3 Å². The van der Waals surface area contributed by atoms with E-state index in [-0.39, 0.29) is 0 Å². The fraction of sp³-hybridized carbons (Fsp3) is 0.750. The first-order chi connectivity index (χ1) is 7.08. The second-order valence-corrected chi connectivity index (χ2v) is 5.44. The Bertz CT molecular complexity index is 319. The highest BCUT2D eigenvalue weighted by molar-refractivity contribution is 5.59. The van der Waals surface area contributed by atoms with E-state index < -0.39 is 11.8 Å². The SMILES string of the molecule is C=C1C2CC3CC1CC(OC(=O)F)(C3)C2. The molecule has 2 atom stereocenters. The standard InChI is InChI=1S/C12H15FO2/c1-7-9-2-8-3-10(7)6-12(4-8,5-9)15-11(13)14/h8-10H,1-6H2. The molecule has 0 spiro atoms. The molecule has 0 aliphatic heterocycles. The predicted octanol–water partition coefficient (Wildman–Crippen LogP) is 3.23. The minimum absolute atomic E-state index is 0.468. The monoisotopic (exact) mass is 210 g/mol. The van der Waals surface area contributed by atoms with Crippen molar-refractivity contribution in [1.29, 1.82) is 0 Å². The van der Waals surface area contributed by atoms with Crippen LogP contribution in [-0.2, 0) is 4.74 Å². The van der Waals surface area contributed by atoms with Crippen molar-refractivity contribution in [3.8, 4) is 0 Å². The lowest BCUT2D eigenvalue weighted by molar-refractivity contribution is -0.111. The molecule has 4 rings (SSSR count). The van der Waals surface area contributed by atoms with E-state index in [1.165, 1.54) is 18.4 Å². The summed E-state index contributed by atoms with van der Waals surface area (Å²) in [5.74, 6) is 1.55. The van der Waals surface area contributed by atoms with Gasteiger partial charge in [0.2, 0.25) is 0 Å². The molecule has 4 bridgehead atoms. The van der Waals surface area contributed by atoms with Gasteiger partial charge in [-0.15, -0.1) is 4.39 Å². The number of halogens is 1. The molecule has 4 fully saturated rings. The molecule has 82 valence electrons. The molecular formula is C12H15FO2. The Hall–Kier alpha value is -0.860. The summed E-state index contributed by atoms with van der Waals surface area (Å²) in [6.45, 7) is 4.13. The molecule has 4 aliphatic carbocycles. The number of rotatable bonds is 1. The summed E-state index contributed by atoms with van der Waals surface area (Å²) in [6, 6.07) is 0. The molecule has 0 aromatic carbocycles. The number of allylic oxidation sites excluding steroid dienone is 1. The van der Waals surface area contributed by atoms with Gasteiger partial charge in [-0.25, -0.2) is 4.79 Å². The van der Waals surface area contributed by atoms with Crippen molar-refractivity contribution < 1.29 is 13.9 Å². The van der Waals surface area contributed by atoms with Crippen LogP contribution in [-0.4, -0.2) is 11.8 Å². The number of carbonyl (C=O) groups excluding carboxylic acids is 1. The molecule has 0 saturated heterocycles. The van der Waals surface area contributed by atoms with Gasteiger partial charge < -0.3 is 4.74 Å². The third-order valence-corrected chi connectivity index (χ3v) is 4.48. The zero-order valence-electron chi connectivity index (χ0n) is 8.67. The first kappa shape index (κ1) is 9.37. The lowest BCUT2D eigenvalue weighted by Crippen LogP contribution is -2.53. The maximum Gasteiger partial charge on any atom is 0.496 e. The molecule has 0 aromatic heterocycles. The van der Waals surface area contributed by atoms with Gasteiger partial charge in [0.05, 0.1) is 0 Å². The molecule has 0 radical (unpaired) electrons. The summed E-state index contributed by atoms with van der Waals surface area (Å²) in [4.78, 5) is 10.5. The summed E-state index contributed by atoms with van der Waals surface area (Å²) in [6.07, 6.45) is 3.19. The van der Waals surface area contributed by atoms with Crippen molar-refractivity contribution in [2.45, 2.75) is 37.7 Å². The Kier molecular flexibility index (Phi) is 1.77. The highest BCUT2D eigenvalue weighted by Crippen LogP contribution is 2.58. The van der Waals surface area contributed by atoms with Gasteiger partial charge in [-0.1, -0.05) is 12.2 Å². The van der Waals surface area contributed by atoms with Crippen molar-refractivity contribution >= 4 is 6.22 Å². The average Bonchev–Trinajstić information content (AvgIpc) is 2.10. The van der Waals surface area contributed by atoms with Crippen LogP contribution in [0.3, 0.4) is 0 Å². The zero-order chi connectivity index (χ0) is 10.6. The summed E-state index contributed by atoms with van der Waals surface area (Å²) >= 11 is 0. The van der Waals surface area contributed by atoms with Crippen LogP contribution in [0.1, 0.15) is 32.1 Å². The Balaban J connectivity index is 1.89. The van der Waals surface area contributed by atoms with Crippen LogP contribution in [0.15, 0.2) is 12.2 Å². The van der Waals surface area contributed by atoms with Gasteiger partial charge in [0.25, 0.3) is 0 Å². The molecule has 2 unspecified atom stereocenters. The Labute approximate surface area is 88.5 Å². The lowest BCUT2D eigenvalue weighted by atomic mass is 9.52. The first-order valence-electron chi connectivity index (χ1n) is 5.65. The van der Waals surface area contributed by atoms with Crippen molar-refractivity contribution in [3.63, 3.8) is 0 Å². The van der Waals surface area contributed by atoms with Crippen LogP contribution < -0.4 is 0 Å².